The van der Waals surface area contributed by atoms with Gasteiger partial charge in [-0.05, 0) is 54.6 Å². The SMILES string of the molecule is CCc1ccc2c(O[Si](C)(C)c3ccccc3)c3ccccc3c(O[Si](C)(C)c3ccccc3)c2c1. The Balaban J connectivity index is 1.75. The molecule has 5 aromatic rings. The molecule has 5 rings (SSSR count). The van der Waals surface area contributed by atoms with Crippen LogP contribution in [-0.4, -0.2) is 16.6 Å². The number of hydrogen-bond donors (Lipinski definition) is 0. The van der Waals surface area contributed by atoms with E-state index in [1.54, 1.807) is 0 Å². The Morgan fingerprint density at radius 1 is 0.500 bits per heavy atom. The van der Waals surface area contributed by atoms with Crippen molar-refractivity contribution >= 4 is 48.6 Å². The summed E-state index contributed by atoms with van der Waals surface area (Å²) in [5.74, 6) is 1.94. The third kappa shape index (κ3) is 4.59. The predicted octanol–water partition coefficient (Wildman–Crippen LogP) is 7.54. The molecule has 0 aliphatic carbocycles. The van der Waals surface area contributed by atoms with Crippen LogP contribution in [0.5, 0.6) is 11.5 Å². The normalized spacial score (nSPS) is 12.1. The fourth-order valence-corrected chi connectivity index (χ4v) is 8.58. The topological polar surface area (TPSA) is 18.5 Å². The molecular formula is C32H34O2Si2. The van der Waals surface area contributed by atoms with E-state index >= 15 is 0 Å². The third-order valence-electron chi connectivity index (χ3n) is 7.05. The second-order valence-corrected chi connectivity index (χ2v) is 18.0. The summed E-state index contributed by atoms with van der Waals surface area (Å²) in [6, 6.07) is 36.6. The van der Waals surface area contributed by atoms with Crippen LogP contribution in [0.4, 0.5) is 0 Å². The molecule has 0 bridgehead atoms. The lowest BCUT2D eigenvalue weighted by atomic mass is 9.98. The highest BCUT2D eigenvalue weighted by Crippen LogP contribution is 2.44. The van der Waals surface area contributed by atoms with Gasteiger partial charge in [0.25, 0.3) is 16.6 Å². The molecule has 5 aromatic carbocycles. The molecule has 0 N–H and O–H groups in total. The first-order valence-corrected chi connectivity index (χ1v) is 18.6. The first kappa shape index (κ1) is 24.4. The van der Waals surface area contributed by atoms with Crippen molar-refractivity contribution in [3.05, 3.63) is 109 Å². The largest absolute Gasteiger partial charge is 0.539 e. The van der Waals surface area contributed by atoms with E-state index in [0.717, 1.165) is 39.5 Å². The van der Waals surface area contributed by atoms with Gasteiger partial charge in [-0.2, -0.15) is 0 Å². The third-order valence-corrected chi connectivity index (χ3v) is 11.9. The average Bonchev–Trinajstić information content (AvgIpc) is 2.91. The highest BCUT2D eigenvalue weighted by molar-refractivity contribution is 6.85. The van der Waals surface area contributed by atoms with E-state index in [0.29, 0.717) is 0 Å². The number of hydrogen-bond acceptors (Lipinski definition) is 2. The molecule has 4 heteroatoms. The molecule has 182 valence electrons. The minimum Gasteiger partial charge on any atom is -0.539 e. The summed E-state index contributed by atoms with van der Waals surface area (Å²) in [7, 11) is -4.46. The zero-order chi connectivity index (χ0) is 25.3. The Labute approximate surface area is 216 Å². The van der Waals surface area contributed by atoms with Crippen molar-refractivity contribution in [2.24, 2.45) is 0 Å². The predicted molar refractivity (Wildman–Crippen MR) is 159 cm³/mol. The summed E-state index contributed by atoms with van der Waals surface area (Å²) in [4.78, 5) is 0. The maximum absolute atomic E-state index is 7.08. The smallest absolute Gasteiger partial charge is 0.276 e. The van der Waals surface area contributed by atoms with Crippen molar-refractivity contribution in [2.75, 3.05) is 0 Å². The van der Waals surface area contributed by atoms with E-state index in [2.05, 4.69) is 136 Å². The highest BCUT2D eigenvalue weighted by atomic mass is 28.4. The van der Waals surface area contributed by atoms with Gasteiger partial charge in [0.05, 0.1) is 0 Å². The van der Waals surface area contributed by atoms with Gasteiger partial charge in [0, 0.05) is 21.5 Å². The molecule has 0 aliphatic heterocycles. The molecule has 0 radical (unpaired) electrons. The molecule has 36 heavy (non-hydrogen) atoms. The summed E-state index contributed by atoms with van der Waals surface area (Å²) in [5.41, 5.74) is 1.30. The number of benzene rings is 5. The van der Waals surface area contributed by atoms with Gasteiger partial charge in [0.1, 0.15) is 11.5 Å². The minimum atomic E-state index is -2.23. The first-order chi connectivity index (χ1) is 17.3. The maximum Gasteiger partial charge on any atom is 0.276 e. The van der Waals surface area contributed by atoms with Crippen molar-refractivity contribution in [1.82, 2.24) is 0 Å². The Kier molecular flexibility index (Phi) is 6.50. The van der Waals surface area contributed by atoms with E-state index in [4.69, 9.17) is 8.85 Å². The lowest BCUT2D eigenvalue weighted by molar-refractivity contribution is 0.568. The van der Waals surface area contributed by atoms with Gasteiger partial charge in [-0.1, -0.05) is 104 Å². The van der Waals surface area contributed by atoms with Gasteiger partial charge < -0.3 is 8.85 Å². The summed E-state index contributed by atoms with van der Waals surface area (Å²) < 4.78 is 14.1. The van der Waals surface area contributed by atoms with E-state index < -0.39 is 16.6 Å². The molecule has 0 spiro atoms. The monoisotopic (exact) mass is 506 g/mol. The van der Waals surface area contributed by atoms with Crippen LogP contribution >= 0.6 is 0 Å². The van der Waals surface area contributed by atoms with Crippen molar-refractivity contribution in [3.8, 4) is 11.5 Å². The van der Waals surface area contributed by atoms with Crippen molar-refractivity contribution < 1.29 is 8.85 Å². The van der Waals surface area contributed by atoms with Crippen molar-refractivity contribution in [3.63, 3.8) is 0 Å². The molecule has 0 amide bonds. The van der Waals surface area contributed by atoms with Gasteiger partial charge in [-0.15, -0.1) is 0 Å². The van der Waals surface area contributed by atoms with Crippen LogP contribution in [0, 0.1) is 0 Å². The van der Waals surface area contributed by atoms with Crippen molar-refractivity contribution in [1.29, 1.82) is 0 Å². The van der Waals surface area contributed by atoms with Crippen LogP contribution in [0.1, 0.15) is 12.5 Å². The van der Waals surface area contributed by atoms with Crippen LogP contribution in [-0.2, 0) is 6.42 Å². The van der Waals surface area contributed by atoms with Crippen molar-refractivity contribution in [2.45, 2.75) is 39.5 Å². The van der Waals surface area contributed by atoms with E-state index in [1.807, 2.05) is 0 Å². The standard InChI is InChI=1S/C32H34O2Si2/c1-6-24-21-22-29-30(23-24)32(34-36(4,5)26-17-11-8-12-18-26)28-20-14-13-19-27(28)31(29)33-35(2,3)25-15-9-7-10-16-25/h7-23H,6H2,1-5H3. The Morgan fingerprint density at radius 2 is 0.917 bits per heavy atom. The molecular weight excluding hydrogens is 473 g/mol. The summed E-state index contributed by atoms with van der Waals surface area (Å²) in [6.45, 7) is 11.3. The van der Waals surface area contributed by atoms with E-state index in [-0.39, 0.29) is 0 Å². The molecule has 0 atom stereocenters. The Morgan fingerprint density at radius 3 is 1.39 bits per heavy atom. The quantitative estimate of drug-likeness (QED) is 0.168. The molecule has 0 aliphatic rings. The molecule has 0 fully saturated rings. The van der Waals surface area contributed by atoms with Gasteiger partial charge in [-0.25, -0.2) is 0 Å². The van der Waals surface area contributed by atoms with Crippen LogP contribution in [0.15, 0.2) is 103 Å². The fourth-order valence-electron chi connectivity index (χ4n) is 4.89. The number of rotatable bonds is 7. The average molecular weight is 507 g/mol. The molecule has 0 aromatic heterocycles. The molecule has 0 unspecified atom stereocenters. The fraction of sp³-hybridized carbons (Fsp3) is 0.188. The summed E-state index contributed by atoms with van der Waals surface area (Å²) in [5, 5.41) is 7.05. The van der Waals surface area contributed by atoms with Crippen LogP contribution < -0.4 is 19.2 Å². The van der Waals surface area contributed by atoms with Crippen LogP contribution in [0.2, 0.25) is 26.2 Å². The van der Waals surface area contributed by atoms with E-state index in [1.165, 1.54) is 15.9 Å². The molecule has 0 saturated carbocycles. The van der Waals surface area contributed by atoms with Crippen LogP contribution in [0.3, 0.4) is 0 Å². The van der Waals surface area contributed by atoms with Gasteiger partial charge in [-0.3, -0.25) is 0 Å². The van der Waals surface area contributed by atoms with Gasteiger partial charge in [0.2, 0.25) is 0 Å². The Hall–Kier alpha value is -3.35. The summed E-state index contributed by atoms with van der Waals surface area (Å²) >= 11 is 0. The second-order valence-electron chi connectivity index (χ2n) is 10.4. The zero-order valence-corrected chi connectivity index (χ0v) is 23.8. The first-order valence-electron chi connectivity index (χ1n) is 12.8. The minimum absolute atomic E-state index is 0.968. The Bertz CT molecular complexity index is 1510. The van der Waals surface area contributed by atoms with E-state index in [9.17, 15) is 0 Å². The number of aryl methyl sites for hydroxylation is 1. The molecule has 0 saturated heterocycles. The molecule has 0 heterocycles. The summed E-state index contributed by atoms with van der Waals surface area (Å²) in [6.07, 6.45) is 0.974. The van der Waals surface area contributed by atoms with Crippen LogP contribution in [0.25, 0.3) is 21.5 Å². The van der Waals surface area contributed by atoms with Gasteiger partial charge in [0.15, 0.2) is 0 Å². The highest BCUT2D eigenvalue weighted by Gasteiger charge is 2.32. The zero-order valence-electron chi connectivity index (χ0n) is 21.8. The second kappa shape index (κ2) is 9.60. The lowest BCUT2D eigenvalue weighted by Gasteiger charge is -2.30. The maximum atomic E-state index is 7.08. The van der Waals surface area contributed by atoms with Gasteiger partial charge >= 0.3 is 0 Å². The number of fused-ring (bicyclic) bond motifs is 2. The molecule has 2 nitrogen and oxygen atoms in total. The lowest BCUT2D eigenvalue weighted by Crippen LogP contribution is -2.48.